The van der Waals surface area contributed by atoms with Crippen molar-refractivity contribution in [1.82, 2.24) is 10.6 Å². The molecule has 7 nitrogen and oxygen atoms in total. The Balaban J connectivity index is 2.13. The zero-order valence-corrected chi connectivity index (χ0v) is 16.2. The number of ether oxygens (including phenoxy) is 3. The molecule has 0 heterocycles. The van der Waals surface area contributed by atoms with E-state index in [9.17, 15) is 9.59 Å². The lowest BCUT2D eigenvalue weighted by molar-refractivity contribution is 0.0951. The van der Waals surface area contributed by atoms with E-state index in [1.54, 1.807) is 43.4 Å². The number of methoxy groups -OCH3 is 3. The van der Waals surface area contributed by atoms with Gasteiger partial charge in [0.05, 0.1) is 33.4 Å². The molecule has 7 heteroatoms. The van der Waals surface area contributed by atoms with Gasteiger partial charge in [0.1, 0.15) is 0 Å². The van der Waals surface area contributed by atoms with Crippen LogP contribution >= 0.6 is 0 Å². The van der Waals surface area contributed by atoms with Gasteiger partial charge in [-0.1, -0.05) is 24.0 Å². The van der Waals surface area contributed by atoms with E-state index in [-0.39, 0.29) is 18.4 Å². The van der Waals surface area contributed by atoms with Crippen molar-refractivity contribution in [2.24, 2.45) is 0 Å². The first-order valence-electron chi connectivity index (χ1n) is 8.43. The Morgan fingerprint density at radius 3 is 2.18 bits per heavy atom. The summed E-state index contributed by atoms with van der Waals surface area (Å²) in [6.45, 7) is 0.109. The second-order valence-corrected chi connectivity index (χ2v) is 5.52. The molecule has 0 unspecified atom stereocenters. The highest BCUT2D eigenvalue weighted by Crippen LogP contribution is 2.38. The van der Waals surface area contributed by atoms with Crippen molar-refractivity contribution in [3.8, 4) is 29.1 Å². The van der Waals surface area contributed by atoms with Gasteiger partial charge in [0.25, 0.3) is 11.8 Å². The van der Waals surface area contributed by atoms with E-state index < -0.39 is 0 Å². The Labute approximate surface area is 164 Å². The molecule has 28 heavy (non-hydrogen) atoms. The van der Waals surface area contributed by atoms with Gasteiger partial charge in [-0.3, -0.25) is 9.59 Å². The van der Waals surface area contributed by atoms with E-state index in [1.165, 1.54) is 21.3 Å². The van der Waals surface area contributed by atoms with Gasteiger partial charge in [-0.25, -0.2) is 0 Å². The highest BCUT2D eigenvalue weighted by atomic mass is 16.5. The molecule has 2 N–H and O–H groups in total. The summed E-state index contributed by atoms with van der Waals surface area (Å²) in [5.74, 6) is 6.38. The molecule has 0 atom stereocenters. The molecule has 0 bridgehead atoms. The second-order valence-electron chi connectivity index (χ2n) is 5.52. The van der Waals surface area contributed by atoms with Crippen molar-refractivity contribution in [2.45, 2.75) is 0 Å². The summed E-state index contributed by atoms with van der Waals surface area (Å²) in [5, 5.41) is 5.28. The molecular formula is C21H22N2O5. The number of nitrogens with one attached hydrogen (secondary N) is 2. The fourth-order valence-electron chi connectivity index (χ4n) is 2.50. The van der Waals surface area contributed by atoms with Crippen molar-refractivity contribution < 1.29 is 23.8 Å². The second kappa shape index (κ2) is 9.88. The van der Waals surface area contributed by atoms with E-state index in [2.05, 4.69) is 22.5 Å². The monoisotopic (exact) mass is 382 g/mol. The van der Waals surface area contributed by atoms with Gasteiger partial charge in [0.2, 0.25) is 5.75 Å². The Hall–Kier alpha value is -3.66. The summed E-state index contributed by atoms with van der Waals surface area (Å²) in [7, 11) is 6.01. The zero-order valence-electron chi connectivity index (χ0n) is 16.2. The fraction of sp³-hybridized carbons (Fsp3) is 0.238. The Morgan fingerprint density at radius 2 is 1.61 bits per heavy atom. The van der Waals surface area contributed by atoms with Crippen LogP contribution in [0.4, 0.5) is 0 Å². The third-order valence-electron chi connectivity index (χ3n) is 3.89. The molecule has 0 saturated carbocycles. The Morgan fingerprint density at radius 1 is 0.964 bits per heavy atom. The molecule has 0 aromatic heterocycles. The average molecular weight is 382 g/mol. The predicted molar refractivity (Wildman–Crippen MR) is 105 cm³/mol. The number of rotatable bonds is 6. The van der Waals surface area contributed by atoms with Crippen LogP contribution in [0.1, 0.15) is 26.3 Å². The van der Waals surface area contributed by atoms with Crippen LogP contribution in [0.25, 0.3) is 0 Å². The van der Waals surface area contributed by atoms with Crippen molar-refractivity contribution in [1.29, 1.82) is 0 Å². The van der Waals surface area contributed by atoms with Crippen LogP contribution in [0, 0.1) is 11.8 Å². The van der Waals surface area contributed by atoms with Crippen molar-refractivity contribution >= 4 is 11.8 Å². The van der Waals surface area contributed by atoms with Crippen LogP contribution in [0.15, 0.2) is 36.4 Å². The van der Waals surface area contributed by atoms with E-state index in [0.29, 0.717) is 33.9 Å². The molecule has 0 saturated heterocycles. The highest BCUT2D eigenvalue weighted by molar-refractivity contribution is 5.97. The van der Waals surface area contributed by atoms with Crippen LogP contribution in [0.5, 0.6) is 17.2 Å². The van der Waals surface area contributed by atoms with Gasteiger partial charge in [-0.2, -0.15) is 0 Å². The Kier molecular flexibility index (Phi) is 7.28. The number of amides is 2. The van der Waals surface area contributed by atoms with E-state index in [4.69, 9.17) is 14.2 Å². The van der Waals surface area contributed by atoms with Gasteiger partial charge in [-0.05, 0) is 24.3 Å². The lowest BCUT2D eigenvalue weighted by Gasteiger charge is -2.13. The van der Waals surface area contributed by atoms with Crippen LogP contribution < -0.4 is 24.8 Å². The van der Waals surface area contributed by atoms with Crippen LogP contribution in [-0.4, -0.2) is 46.7 Å². The SMILES string of the molecule is CNC(=O)c1ccccc1C#CCNC(=O)c1cc(OC)c(OC)c(OC)c1. The van der Waals surface area contributed by atoms with Crippen LogP contribution in [0.3, 0.4) is 0 Å². The van der Waals surface area contributed by atoms with Gasteiger partial charge < -0.3 is 24.8 Å². The summed E-state index contributed by atoms with van der Waals surface area (Å²) in [4.78, 5) is 24.3. The van der Waals surface area contributed by atoms with Gasteiger partial charge in [0.15, 0.2) is 11.5 Å². The third kappa shape index (κ3) is 4.74. The average Bonchev–Trinajstić information content (AvgIpc) is 2.74. The lowest BCUT2D eigenvalue weighted by Crippen LogP contribution is -2.23. The maximum Gasteiger partial charge on any atom is 0.252 e. The summed E-state index contributed by atoms with van der Waals surface area (Å²) < 4.78 is 15.7. The van der Waals surface area contributed by atoms with E-state index in [0.717, 1.165) is 0 Å². The third-order valence-corrected chi connectivity index (χ3v) is 3.89. The lowest BCUT2D eigenvalue weighted by atomic mass is 10.1. The summed E-state index contributed by atoms with van der Waals surface area (Å²) in [6.07, 6.45) is 0. The van der Waals surface area contributed by atoms with E-state index in [1.807, 2.05) is 0 Å². The molecule has 2 amide bonds. The quantitative estimate of drug-likeness (QED) is 0.745. The first-order chi connectivity index (χ1) is 13.5. The van der Waals surface area contributed by atoms with Gasteiger partial charge >= 0.3 is 0 Å². The summed E-state index contributed by atoms with van der Waals surface area (Å²) in [5.41, 5.74) is 1.42. The summed E-state index contributed by atoms with van der Waals surface area (Å²) in [6, 6.07) is 10.1. The molecule has 0 aliphatic heterocycles. The molecule has 2 aromatic carbocycles. The maximum absolute atomic E-state index is 12.4. The summed E-state index contributed by atoms with van der Waals surface area (Å²) >= 11 is 0. The van der Waals surface area contributed by atoms with Crippen molar-refractivity contribution in [2.75, 3.05) is 34.9 Å². The van der Waals surface area contributed by atoms with Gasteiger partial charge in [-0.15, -0.1) is 0 Å². The molecule has 0 aliphatic carbocycles. The first-order valence-corrected chi connectivity index (χ1v) is 8.43. The Bertz CT molecular complexity index is 903. The normalized spacial score (nSPS) is 9.57. The number of benzene rings is 2. The number of hydrogen-bond acceptors (Lipinski definition) is 5. The zero-order chi connectivity index (χ0) is 20.5. The predicted octanol–water partition coefficient (Wildman–Crippen LogP) is 1.85. The largest absolute Gasteiger partial charge is 0.493 e. The minimum absolute atomic E-state index is 0.109. The molecular weight excluding hydrogens is 360 g/mol. The smallest absolute Gasteiger partial charge is 0.252 e. The molecule has 0 fully saturated rings. The number of hydrogen-bond donors (Lipinski definition) is 2. The maximum atomic E-state index is 12.4. The number of carbonyl (C=O) groups excluding carboxylic acids is 2. The van der Waals surface area contributed by atoms with Crippen LogP contribution in [-0.2, 0) is 0 Å². The molecule has 0 radical (unpaired) electrons. The standard InChI is InChI=1S/C21H22N2O5/c1-22-21(25)16-10-6-5-8-14(16)9-7-11-23-20(24)15-12-17(26-2)19(28-4)18(13-15)27-3/h5-6,8,10,12-13H,11H2,1-4H3,(H,22,25)(H,23,24). The van der Waals surface area contributed by atoms with E-state index >= 15 is 0 Å². The molecule has 146 valence electrons. The highest BCUT2D eigenvalue weighted by Gasteiger charge is 2.16. The minimum Gasteiger partial charge on any atom is -0.493 e. The molecule has 0 aliphatic rings. The van der Waals surface area contributed by atoms with Crippen molar-refractivity contribution in [3.05, 3.63) is 53.1 Å². The molecule has 2 aromatic rings. The molecule has 0 spiro atoms. The first kappa shape index (κ1) is 20.6. The fourth-order valence-corrected chi connectivity index (χ4v) is 2.50. The minimum atomic E-state index is -0.340. The van der Waals surface area contributed by atoms with Gasteiger partial charge in [0, 0.05) is 18.2 Å². The number of carbonyl (C=O) groups is 2. The topological polar surface area (TPSA) is 85.9 Å². The molecule has 2 rings (SSSR count). The van der Waals surface area contributed by atoms with Crippen LogP contribution in [0.2, 0.25) is 0 Å². The van der Waals surface area contributed by atoms with Crippen molar-refractivity contribution in [3.63, 3.8) is 0 Å².